The van der Waals surface area contributed by atoms with Gasteiger partial charge in [-0.3, -0.25) is 9.78 Å². The molecule has 0 aliphatic carbocycles. The summed E-state index contributed by atoms with van der Waals surface area (Å²) in [4.78, 5) is 24.4. The Kier molecular flexibility index (Phi) is 5.09. The quantitative estimate of drug-likeness (QED) is 0.729. The number of benzene rings is 1. The molecule has 0 atom stereocenters. The van der Waals surface area contributed by atoms with Gasteiger partial charge in [-0.1, -0.05) is 36.4 Å². The number of nitrogens with one attached hydrogen (secondary N) is 2. The summed E-state index contributed by atoms with van der Waals surface area (Å²) in [6.07, 6.45) is 4.79. The molecule has 6 nitrogen and oxygen atoms in total. The molecule has 0 saturated heterocycles. The second-order valence-electron chi connectivity index (χ2n) is 5.17. The van der Waals surface area contributed by atoms with Crippen molar-refractivity contribution >= 4 is 11.7 Å². The van der Waals surface area contributed by atoms with E-state index in [4.69, 9.17) is 0 Å². The van der Waals surface area contributed by atoms with Crippen LogP contribution in [0, 0.1) is 0 Å². The Morgan fingerprint density at radius 2 is 1.79 bits per heavy atom. The lowest BCUT2D eigenvalue weighted by Crippen LogP contribution is -2.24. The summed E-state index contributed by atoms with van der Waals surface area (Å²) in [5, 5.41) is 6.01. The number of carbonyl (C=O) groups excluding carboxylic acids is 1. The minimum Gasteiger partial charge on any atom is -0.366 e. The van der Waals surface area contributed by atoms with Crippen molar-refractivity contribution in [2.24, 2.45) is 0 Å². The van der Waals surface area contributed by atoms with E-state index in [9.17, 15) is 4.79 Å². The van der Waals surface area contributed by atoms with E-state index in [0.717, 1.165) is 11.1 Å². The predicted molar refractivity (Wildman–Crippen MR) is 91.2 cm³/mol. The van der Waals surface area contributed by atoms with Gasteiger partial charge in [0.25, 0.3) is 5.91 Å². The van der Waals surface area contributed by atoms with Gasteiger partial charge >= 0.3 is 0 Å². The van der Waals surface area contributed by atoms with Gasteiger partial charge in [0.2, 0.25) is 0 Å². The summed E-state index contributed by atoms with van der Waals surface area (Å²) in [6.45, 7) is 1.04. The van der Waals surface area contributed by atoms with E-state index in [2.05, 4.69) is 25.6 Å². The van der Waals surface area contributed by atoms with Crippen LogP contribution >= 0.6 is 0 Å². The van der Waals surface area contributed by atoms with Gasteiger partial charge in [-0.15, -0.1) is 0 Å². The molecule has 120 valence electrons. The first kappa shape index (κ1) is 15.6. The van der Waals surface area contributed by atoms with E-state index in [1.807, 2.05) is 42.5 Å². The smallest absolute Gasteiger partial charge is 0.270 e. The van der Waals surface area contributed by atoms with Crippen LogP contribution in [-0.4, -0.2) is 20.9 Å². The first-order chi connectivity index (χ1) is 11.8. The van der Waals surface area contributed by atoms with Gasteiger partial charge in [-0.2, -0.15) is 0 Å². The molecule has 2 aromatic heterocycles. The molecule has 1 amide bonds. The lowest BCUT2D eigenvalue weighted by atomic mass is 10.2. The molecule has 2 N–H and O–H groups in total. The molecular weight excluding hydrogens is 302 g/mol. The monoisotopic (exact) mass is 319 g/mol. The van der Waals surface area contributed by atoms with E-state index in [1.54, 1.807) is 18.5 Å². The van der Waals surface area contributed by atoms with Crippen molar-refractivity contribution in [2.75, 3.05) is 5.32 Å². The van der Waals surface area contributed by atoms with Gasteiger partial charge in [0.1, 0.15) is 17.8 Å². The van der Waals surface area contributed by atoms with Crippen LogP contribution in [0.2, 0.25) is 0 Å². The number of carbonyl (C=O) groups is 1. The molecule has 3 rings (SSSR count). The Balaban J connectivity index is 1.59. The number of aromatic nitrogens is 3. The highest BCUT2D eigenvalue weighted by atomic mass is 16.1. The average molecular weight is 319 g/mol. The Hall–Kier alpha value is -3.28. The maximum Gasteiger partial charge on any atom is 0.270 e. The van der Waals surface area contributed by atoms with E-state index in [-0.39, 0.29) is 5.91 Å². The molecule has 0 unspecified atom stereocenters. The normalized spacial score (nSPS) is 10.2. The Bertz CT molecular complexity index is 793. The fourth-order valence-electron chi connectivity index (χ4n) is 2.14. The third kappa shape index (κ3) is 4.36. The Morgan fingerprint density at radius 1 is 0.958 bits per heavy atom. The van der Waals surface area contributed by atoms with E-state index in [0.29, 0.717) is 24.6 Å². The minimum absolute atomic E-state index is 0.246. The fourth-order valence-corrected chi connectivity index (χ4v) is 2.14. The van der Waals surface area contributed by atoms with Crippen LogP contribution in [0.3, 0.4) is 0 Å². The zero-order valence-corrected chi connectivity index (χ0v) is 13.0. The number of hydrogen-bond donors (Lipinski definition) is 2. The summed E-state index contributed by atoms with van der Waals surface area (Å²) in [7, 11) is 0. The molecule has 6 heteroatoms. The minimum atomic E-state index is -0.246. The maximum absolute atomic E-state index is 12.2. The van der Waals surface area contributed by atoms with Gasteiger partial charge in [0, 0.05) is 31.5 Å². The second kappa shape index (κ2) is 7.82. The van der Waals surface area contributed by atoms with E-state index >= 15 is 0 Å². The van der Waals surface area contributed by atoms with Gasteiger partial charge in [-0.05, 0) is 17.2 Å². The molecule has 0 fully saturated rings. The van der Waals surface area contributed by atoms with Gasteiger partial charge in [0.05, 0.1) is 0 Å². The molecule has 0 saturated carbocycles. The molecule has 1 aromatic carbocycles. The number of nitrogens with zero attached hydrogens (tertiary/aromatic N) is 3. The number of anilines is 1. The molecular formula is C18H17N5O. The predicted octanol–water partition coefficient (Wildman–Crippen LogP) is 2.41. The number of pyridine rings is 1. The topological polar surface area (TPSA) is 79.8 Å². The number of amides is 1. The molecule has 3 aromatic rings. The van der Waals surface area contributed by atoms with Crippen LogP contribution in [-0.2, 0) is 13.1 Å². The third-order valence-corrected chi connectivity index (χ3v) is 3.39. The van der Waals surface area contributed by atoms with Crippen LogP contribution < -0.4 is 10.6 Å². The van der Waals surface area contributed by atoms with Crippen molar-refractivity contribution in [2.45, 2.75) is 13.1 Å². The SMILES string of the molecule is O=C(NCc1cccnc1)c1cc(NCc2ccccc2)ncn1. The fraction of sp³-hybridized carbons (Fsp3) is 0.111. The standard InChI is InChI=1S/C18H17N5O/c24-18(21-12-15-7-4-8-19-10-15)16-9-17(23-13-22-16)20-11-14-5-2-1-3-6-14/h1-10,13H,11-12H2,(H,21,24)(H,20,22,23). The van der Waals surface area contributed by atoms with Crippen molar-refractivity contribution in [1.82, 2.24) is 20.3 Å². The molecule has 0 aliphatic rings. The lowest BCUT2D eigenvalue weighted by Gasteiger charge is -2.08. The highest BCUT2D eigenvalue weighted by Crippen LogP contribution is 2.07. The lowest BCUT2D eigenvalue weighted by molar-refractivity contribution is 0.0946. The summed E-state index contributed by atoms with van der Waals surface area (Å²) in [5.74, 6) is 0.365. The Morgan fingerprint density at radius 3 is 2.58 bits per heavy atom. The highest BCUT2D eigenvalue weighted by molar-refractivity contribution is 5.92. The summed E-state index contributed by atoms with van der Waals surface area (Å²) in [6, 6.07) is 15.4. The molecule has 2 heterocycles. The molecule has 24 heavy (non-hydrogen) atoms. The van der Waals surface area contributed by atoms with Crippen LogP contribution in [0.4, 0.5) is 5.82 Å². The molecule has 0 bridgehead atoms. The Labute approximate surface area is 140 Å². The van der Waals surface area contributed by atoms with E-state index in [1.165, 1.54) is 6.33 Å². The van der Waals surface area contributed by atoms with Crippen LogP contribution in [0.5, 0.6) is 0 Å². The molecule has 0 aliphatic heterocycles. The van der Waals surface area contributed by atoms with Crippen molar-refractivity contribution in [3.63, 3.8) is 0 Å². The third-order valence-electron chi connectivity index (χ3n) is 3.39. The molecule has 0 spiro atoms. The molecule has 0 radical (unpaired) electrons. The number of hydrogen-bond acceptors (Lipinski definition) is 5. The zero-order chi connectivity index (χ0) is 16.6. The van der Waals surface area contributed by atoms with Crippen LogP contribution in [0.25, 0.3) is 0 Å². The first-order valence-corrected chi connectivity index (χ1v) is 7.58. The number of rotatable bonds is 6. The van der Waals surface area contributed by atoms with Gasteiger partial charge in [0.15, 0.2) is 0 Å². The summed E-state index contributed by atoms with van der Waals surface area (Å²) >= 11 is 0. The van der Waals surface area contributed by atoms with Crippen LogP contribution in [0.15, 0.2) is 67.3 Å². The van der Waals surface area contributed by atoms with Gasteiger partial charge in [-0.25, -0.2) is 9.97 Å². The second-order valence-corrected chi connectivity index (χ2v) is 5.17. The van der Waals surface area contributed by atoms with Crippen molar-refractivity contribution in [1.29, 1.82) is 0 Å². The van der Waals surface area contributed by atoms with Crippen LogP contribution in [0.1, 0.15) is 21.6 Å². The van der Waals surface area contributed by atoms with Crippen molar-refractivity contribution in [3.8, 4) is 0 Å². The summed E-state index contributed by atoms with van der Waals surface area (Å²) in [5.41, 5.74) is 2.39. The maximum atomic E-state index is 12.2. The first-order valence-electron chi connectivity index (χ1n) is 7.58. The zero-order valence-electron chi connectivity index (χ0n) is 13.0. The van der Waals surface area contributed by atoms with Crippen molar-refractivity contribution in [3.05, 3.63) is 84.1 Å². The van der Waals surface area contributed by atoms with Gasteiger partial charge < -0.3 is 10.6 Å². The van der Waals surface area contributed by atoms with Crippen molar-refractivity contribution < 1.29 is 4.79 Å². The summed E-state index contributed by atoms with van der Waals surface area (Å²) < 4.78 is 0. The largest absolute Gasteiger partial charge is 0.366 e. The van der Waals surface area contributed by atoms with E-state index < -0.39 is 0 Å². The average Bonchev–Trinajstić information content (AvgIpc) is 2.66. The highest BCUT2D eigenvalue weighted by Gasteiger charge is 2.08.